The zero-order valence-electron chi connectivity index (χ0n) is 23.4. The Morgan fingerprint density at radius 3 is 2.70 bits per heavy atom. The number of fused-ring (bicyclic) bond motifs is 2. The van der Waals surface area contributed by atoms with E-state index in [1.807, 2.05) is 37.3 Å². The van der Waals surface area contributed by atoms with E-state index in [1.54, 1.807) is 29.2 Å². The highest BCUT2D eigenvalue weighted by Crippen LogP contribution is 2.42. The van der Waals surface area contributed by atoms with Gasteiger partial charge in [0.05, 0.1) is 36.9 Å². The molecule has 0 spiro atoms. The number of aromatic nitrogens is 2. The lowest BCUT2D eigenvalue weighted by molar-refractivity contribution is -0.137. The number of hydrogen-bond acceptors (Lipinski definition) is 8. The Labute approximate surface area is 273 Å². The molecule has 2 aromatic heterocycles. The van der Waals surface area contributed by atoms with Crippen molar-refractivity contribution in [2.75, 3.05) is 39.5 Å². The fourth-order valence-corrected chi connectivity index (χ4v) is 5.80. The molecular formula is C31H25Br2ClN4O6. The van der Waals surface area contributed by atoms with Crippen LogP contribution >= 0.6 is 43.5 Å². The van der Waals surface area contributed by atoms with Gasteiger partial charge in [0.25, 0.3) is 11.5 Å². The van der Waals surface area contributed by atoms with Crippen LogP contribution in [-0.4, -0.2) is 66.2 Å². The van der Waals surface area contributed by atoms with Crippen molar-refractivity contribution in [2.45, 2.75) is 6.92 Å². The SMILES string of the molecule is CCOc1cc(C=Nn2c(-c3cc4cc(Br)ccc4o3)nc3ccccc3c2=O)c(Br)c(Cl)c1OCC(=O)N1CCOCC1. The third-order valence-electron chi connectivity index (χ3n) is 6.92. The van der Waals surface area contributed by atoms with Gasteiger partial charge in [-0.05, 0) is 65.3 Å². The number of benzene rings is 3. The molecule has 0 aliphatic carbocycles. The van der Waals surface area contributed by atoms with Crippen molar-refractivity contribution in [3.8, 4) is 23.1 Å². The highest BCUT2D eigenvalue weighted by atomic mass is 79.9. The topological polar surface area (TPSA) is 108 Å². The number of morpholine rings is 1. The summed E-state index contributed by atoms with van der Waals surface area (Å²) in [6.45, 7) is 3.92. The van der Waals surface area contributed by atoms with E-state index in [0.29, 0.717) is 70.9 Å². The van der Waals surface area contributed by atoms with Crippen molar-refractivity contribution >= 4 is 77.5 Å². The van der Waals surface area contributed by atoms with Gasteiger partial charge in [-0.15, -0.1) is 0 Å². The molecule has 0 atom stereocenters. The normalized spacial score (nSPS) is 13.7. The summed E-state index contributed by atoms with van der Waals surface area (Å²) in [6.07, 6.45) is 1.47. The number of hydrogen-bond donors (Lipinski definition) is 0. The second kappa shape index (κ2) is 13.1. The standard InChI is InChI=1S/C31H25Br2ClN4O6/c1-2-42-24-15-19(27(33)28(34)29(24)43-17-26(39)37-9-11-41-12-10-37)16-35-38-30(36-22-6-4-3-5-21(22)31(38)40)25-14-18-13-20(32)7-8-23(18)44-25/h3-8,13-16H,2,9-12,17H2,1H3. The minimum atomic E-state index is -0.377. The highest BCUT2D eigenvalue weighted by Gasteiger charge is 2.22. The fourth-order valence-electron chi connectivity index (χ4n) is 4.77. The van der Waals surface area contributed by atoms with Crippen LogP contribution in [0.25, 0.3) is 33.5 Å². The molecule has 1 saturated heterocycles. The Hall–Kier alpha value is -3.71. The minimum absolute atomic E-state index is 0.178. The maximum Gasteiger partial charge on any atom is 0.282 e. The van der Waals surface area contributed by atoms with Crippen LogP contribution < -0.4 is 15.0 Å². The number of nitrogens with zero attached hydrogens (tertiary/aromatic N) is 4. The number of carbonyl (C=O) groups excluding carboxylic acids is 1. The summed E-state index contributed by atoms with van der Waals surface area (Å²) >= 11 is 13.7. The van der Waals surface area contributed by atoms with Crippen LogP contribution in [0.4, 0.5) is 0 Å². The van der Waals surface area contributed by atoms with E-state index in [2.05, 4.69) is 37.0 Å². The molecule has 1 fully saturated rings. The Bertz CT molecular complexity index is 1970. The van der Waals surface area contributed by atoms with Crippen molar-refractivity contribution in [1.29, 1.82) is 0 Å². The van der Waals surface area contributed by atoms with Gasteiger partial charge in [-0.25, -0.2) is 4.98 Å². The predicted octanol–water partition coefficient (Wildman–Crippen LogP) is 6.51. The van der Waals surface area contributed by atoms with Gasteiger partial charge in [-0.3, -0.25) is 9.59 Å². The second-order valence-electron chi connectivity index (χ2n) is 9.74. The Morgan fingerprint density at radius 1 is 1.11 bits per heavy atom. The average molecular weight is 745 g/mol. The van der Waals surface area contributed by atoms with Crippen molar-refractivity contribution in [1.82, 2.24) is 14.6 Å². The van der Waals surface area contributed by atoms with Gasteiger partial charge < -0.3 is 23.5 Å². The van der Waals surface area contributed by atoms with E-state index in [-0.39, 0.29) is 34.7 Å². The number of furan rings is 1. The van der Waals surface area contributed by atoms with Crippen molar-refractivity contribution in [2.24, 2.45) is 5.10 Å². The quantitative estimate of drug-likeness (QED) is 0.167. The predicted molar refractivity (Wildman–Crippen MR) is 175 cm³/mol. The smallest absolute Gasteiger partial charge is 0.282 e. The monoisotopic (exact) mass is 742 g/mol. The third kappa shape index (κ3) is 6.12. The van der Waals surface area contributed by atoms with Crippen LogP contribution in [-0.2, 0) is 9.53 Å². The number of para-hydroxylation sites is 1. The second-order valence-corrected chi connectivity index (χ2v) is 11.8. The van der Waals surface area contributed by atoms with Gasteiger partial charge in [-0.2, -0.15) is 9.78 Å². The molecule has 5 aromatic rings. The zero-order chi connectivity index (χ0) is 30.8. The van der Waals surface area contributed by atoms with Crippen molar-refractivity contribution < 1.29 is 23.4 Å². The number of amides is 1. The summed E-state index contributed by atoms with van der Waals surface area (Å²) < 4.78 is 25.6. The molecule has 0 bridgehead atoms. The third-order valence-corrected chi connectivity index (χ3v) is 8.86. The lowest BCUT2D eigenvalue weighted by atomic mass is 10.2. The molecule has 13 heteroatoms. The van der Waals surface area contributed by atoms with Crippen LogP contribution in [0.5, 0.6) is 11.5 Å². The summed E-state index contributed by atoms with van der Waals surface area (Å²) in [5, 5.41) is 5.98. The molecule has 0 unspecified atom stereocenters. The lowest BCUT2D eigenvalue weighted by Gasteiger charge is -2.27. The molecule has 3 aromatic carbocycles. The molecule has 1 aliphatic heterocycles. The summed E-state index contributed by atoms with van der Waals surface area (Å²) in [5.74, 6) is 0.967. The maximum absolute atomic E-state index is 13.7. The molecule has 10 nitrogen and oxygen atoms in total. The van der Waals surface area contributed by atoms with Gasteiger partial charge in [0.15, 0.2) is 23.9 Å². The molecular weight excluding hydrogens is 720 g/mol. The zero-order valence-corrected chi connectivity index (χ0v) is 27.3. The summed E-state index contributed by atoms with van der Waals surface area (Å²) in [5.41, 5.74) is 1.28. The minimum Gasteiger partial charge on any atom is -0.490 e. The largest absolute Gasteiger partial charge is 0.490 e. The molecule has 6 rings (SSSR count). The van der Waals surface area contributed by atoms with Crippen molar-refractivity contribution in [3.63, 3.8) is 0 Å². The summed E-state index contributed by atoms with van der Waals surface area (Å²) in [7, 11) is 0. The molecule has 44 heavy (non-hydrogen) atoms. The first-order valence-corrected chi connectivity index (χ1v) is 15.7. The molecule has 0 saturated carbocycles. The van der Waals surface area contributed by atoms with Gasteiger partial charge in [0.1, 0.15) is 10.6 Å². The van der Waals surface area contributed by atoms with Crippen molar-refractivity contribution in [3.05, 3.63) is 84.5 Å². The van der Waals surface area contributed by atoms with E-state index in [4.69, 9.17) is 35.2 Å². The fraction of sp³-hybridized carbons (Fsp3) is 0.226. The number of rotatable bonds is 8. The van der Waals surface area contributed by atoms with Crippen LogP contribution in [0.15, 0.2) is 77.9 Å². The van der Waals surface area contributed by atoms with Gasteiger partial charge >= 0.3 is 0 Å². The van der Waals surface area contributed by atoms with Crippen LogP contribution in [0.3, 0.4) is 0 Å². The van der Waals surface area contributed by atoms with Gasteiger partial charge in [0.2, 0.25) is 5.82 Å². The highest BCUT2D eigenvalue weighted by molar-refractivity contribution is 9.10. The number of halogens is 3. The van der Waals surface area contributed by atoms with Gasteiger partial charge in [0, 0.05) is 33.0 Å². The lowest BCUT2D eigenvalue weighted by Crippen LogP contribution is -2.43. The summed E-state index contributed by atoms with van der Waals surface area (Å²) in [4.78, 5) is 32.8. The van der Waals surface area contributed by atoms with E-state index < -0.39 is 0 Å². The number of ether oxygens (including phenoxy) is 3. The molecule has 0 radical (unpaired) electrons. The van der Waals surface area contributed by atoms with Crippen LogP contribution in [0.2, 0.25) is 5.02 Å². The van der Waals surface area contributed by atoms with Crippen LogP contribution in [0, 0.1) is 0 Å². The van der Waals surface area contributed by atoms with E-state index in [1.165, 1.54) is 10.9 Å². The first-order valence-electron chi connectivity index (χ1n) is 13.7. The molecule has 1 amide bonds. The average Bonchev–Trinajstić information content (AvgIpc) is 3.46. The molecule has 0 N–H and O–H groups in total. The Kier molecular flexibility index (Phi) is 9.03. The van der Waals surface area contributed by atoms with Gasteiger partial charge in [-0.1, -0.05) is 39.7 Å². The Balaban J connectivity index is 1.39. The molecule has 226 valence electrons. The maximum atomic E-state index is 13.7. The molecule has 1 aliphatic rings. The molecule has 3 heterocycles. The Morgan fingerprint density at radius 2 is 1.91 bits per heavy atom. The van der Waals surface area contributed by atoms with E-state index in [0.717, 1.165) is 9.86 Å². The first-order chi connectivity index (χ1) is 21.3. The van der Waals surface area contributed by atoms with Crippen LogP contribution in [0.1, 0.15) is 12.5 Å². The van der Waals surface area contributed by atoms with E-state index in [9.17, 15) is 9.59 Å². The van der Waals surface area contributed by atoms with E-state index >= 15 is 0 Å². The summed E-state index contributed by atoms with van der Waals surface area (Å²) in [6, 6.07) is 16.2. The number of carbonyl (C=O) groups is 1. The first kappa shape index (κ1) is 30.3.